The molecule has 190 valence electrons. The number of amides is 4. The summed E-state index contributed by atoms with van der Waals surface area (Å²) in [4.78, 5) is 60.4. The molecule has 33 heavy (non-hydrogen) atoms. The van der Waals surface area contributed by atoms with E-state index in [-0.39, 0.29) is 12.3 Å². The van der Waals surface area contributed by atoms with E-state index in [4.69, 9.17) is 17.2 Å². The molecule has 6 atom stereocenters. The first-order chi connectivity index (χ1) is 15.3. The number of aliphatic carboxylic acids is 1. The summed E-state index contributed by atoms with van der Waals surface area (Å²) >= 11 is 0. The molecular weight excluding hydrogens is 436 g/mol. The molecule has 0 radical (unpaired) electrons. The average Bonchev–Trinajstić information content (AvgIpc) is 2.72. The standard InChI is InChI=1S/C20H38N6O7/c1-4-10(2)15(25-17(29)12(22)9-14(23)28)19(31)24-13(7-5-6-8-21)18(30)26-16(11(3)27)20(32)33/h10-13,15-16,27H,4-9,21-22H2,1-3H3,(H2,23,28)(H,24,31)(H,25,29)(H,26,30)(H,32,33). The van der Waals surface area contributed by atoms with Gasteiger partial charge >= 0.3 is 5.97 Å². The number of unbranched alkanes of at least 4 members (excludes halogenated alkanes) is 1. The Morgan fingerprint density at radius 1 is 0.909 bits per heavy atom. The SMILES string of the molecule is CCC(C)C(NC(=O)C(N)CC(N)=O)C(=O)NC(CCCCN)C(=O)NC(C(=O)O)C(C)O. The summed E-state index contributed by atoms with van der Waals surface area (Å²) in [5, 5.41) is 26.1. The Morgan fingerprint density at radius 3 is 1.94 bits per heavy atom. The van der Waals surface area contributed by atoms with Crippen molar-refractivity contribution in [3.8, 4) is 0 Å². The first-order valence-electron chi connectivity index (χ1n) is 10.9. The van der Waals surface area contributed by atoms with Gasteiger partial charge in [-0.15, -0.1) is 0 Å². The van der Waals surface area contributed by atoms with Gasteiger partial charge in [0.2, 0.25) is 23.6 Å². The highest BCUT2D eigenvalue weighted by atomic mass is 16.4. The molecular formula is C20H38N6O7. The number of carboxylic acids is 1. The minimum absolute atomic E-state index is 0.156. The van der Waals surface area contributed by atoms with Crippen LogP contribution < -0.4 is 33.2 Å². The maximum Gasteiger partial charge on any atom is 0.328 e. The van der Waals surface area contributed by atoms with Crippen molar-refractivity contribution in [1.82, 2.24) is 16.0 Å². The molecule has 0 aliphatic carbocycles. The van der Waals surface area contributed by atoms with Gasteiger partial charge in [-0.2, -0.15) is 0 Å². The summed E-state index contributed by atoms with van der Waals surface area (Å²) in [6, 6.07) is -5.01. The van der Waals surface area contributed by atoms with Crippen LogP contribution in [0.1, 0.15) is 52.9 Å². The van der Waals surface area contributed by atoms with Crippen LogP contribution in [-0.4, -0.2) is 76.6 Å². The van der Waals surface area contributed by atoms with Gasteiger partial charge in [0.05, 0.1) is 18.6 Å². The van der Waals surface area contributed by atoms with Crippen LogP contribution in [0.25, 0.3) is 0 Å². The van der Waals surface area contributed by atoms with E-state index in [0.717, 1.165) is 0 Å². The van der Waals surface area contributed by atoms with E-state index in [9.17, 15) is 34.2 Å². The van der Waals surface area contributed by atoms with Crippen molar-refractivity contribution in [2.75, 3.05) is 6.54 Å². The van der Waals surface area contributed by atoms with E-state index in [1.807, 2.05) is 0 Å². The summed E-state index contributed by atoms with van der Waals surface area (Å²) in [5.41, 5.74) is 16.2. The molecule has 4 amide bonds. The van der Waals surface area contributed by atoms with Crippen LogP contribution in [0.15, 0.2) is 0 Å². The largest absolute Gasteiger partial charge is 0.480 e. The van der Waals surface area contributed by atoms with Gasteiger partial charge in [0.25, 0.3) is 0 Å². The van der Waals surface area contributed by atoms with Crippen LogP contribution in [0.5, 0.6) is 0 Å². The van der Waals surface area contributed by atoms with Crippen LogP contribution >= 0.6 is 0 Å². The maximum atomic E-state index is 13.0. The number of hydrogen-bond acceptors (Lipinski definition) is 8. The lowest BCUT2D eigenvalue weighted by atomic mass is 9.96. The molecule has 0 heterocycles. The lowest BCUT2D eigenvalue weighted by molar-refractivity contribution is -0.145. The molecule has 0 spiro atoms. The fourth-order valence-corrected chi connectivity index (χ4v) is 2.94. The smallest absolute Gasteiger partial charge is 0.328 e. The molecule has 0 aliphatic rings. The van der Waals surface area contributed by atoms with Gasteiger partial charge in [-0.3, -0.25) is 19.2 Å². The first kappa shape index (κ1) is 30.2. The molecule has 0 aromatic rings. The molecule has 0 rings (SSSR count). The van der Waals surface area contributed by atoms with E-state index in [1.165, 1.54) is 6.92 Å². The fourth-order valence-electron chi connectivity index (χ4n) is 2.94. The van der Waals surface area contributed by atoms with Crippen LogP contribution in [0.2, 0.25) is 0 Å². The fraction of sp³-hybridized carbons (Fsp3) is 0.750. The van der Waals surface area contributed by atoms with E-state index < -0.39 is 66.3 Å². The number of hydrogen-bond donors (Lipinski definition) is 8. The zero-order chi connectivity index (χ0) is 25.7. The molecule has 0 bridgehead atoms. The molecule has 0 saturated carbocycles. The quantitative estimate of drug-likeness (QED) is 0.108. The molecule has 0 saturated heterocycles. The number of aliphatic hydroxyl groups excluding tert-OH is 1. The number of rotatable bonds is 16. The Labute approximate surface area is 193 Å². The molecule has 6 unspecified atom stereocenters. The van der Waals surface area contributed by atoms with Crippen molar-refractivity contribution in [2.45, 2.75) is 83.1 Å². The summed E-state index contributed by atoms with van der Waals surface area (Å²) < 4.78 is 0. The minimum atomic E-state index is -1.57. The predicted octanol–water partition coefficient (Wildman–Crippen LogP) is -2.72. The van der Waals surface area contributed by atoms with Gasteiger partial charge in [0.15, 0.2) is 6.04 Å². The van der Waals surface area contributed by atoms with Crippen molar-refractivity contribution in [3.63, 3.8) is 0 Å². The minimum Gasteiger partial charge on any atom is -0.480 e. The van der Waals surface area contributed by atoms with Gasteiger partial charge in [0, 0.05) is 0 Å². The van der Waals surface area contributed by atoms with Crippen molar-refractivity contribution in [2.24, 2.45) is 23.1 Å². The molecule has 13 nitrogen and oxygen atoms in total. The number of aliphatic hydroxyl groups is 1. The van der Waals surface area contributed by atoms with E-state index in [1.54, 1.807) is 13.8 Å². The number of carbonyl (C=O) groups is 5. The lowest BCUT2D eigenvalue weighted by Crippen LogP contribution is -2.59. The summed E-state index contributed by atoms with van der Waals surface area (Å²) in [6.07, 6.45) is -0.0943. The third-order valence-corrected chi connectivity index (χ3v) is 5.18. The highest BCUT2D eigenvalue weighted by molar-refractivity contribution is 5.95. The Hall–Kier alpha value is -2.77. The van der Waals surface area contributed by atoms with Crippen molar-refractivity contribution >= 4 is 29.6 Å². The molecule has 13 heteroatoms. The summed E-state index contributed by atoms with van der Waals surface area (Å²) in [7, 11) is 0. The summed E-state index contributed by atoms with van der Waals surface area (Å²) in [6.45, 7) is 5.08. The third-order valence-electron chi connectivity index (χ3n) is 5.18. The topological polar surface area (TPSA) is 240 Å². The van der Waals surface area contributed by atoms with Crippen LogP contribution in [0.4, 0.5) is 0 Å². The second kappa shape index (κ2) is 15.1. The Bertz CT molecular complexity index is 688. The number of carboxylic acid groups (broad SMARTS) is 1. The zero-order valence-electron chi connectivity index (χ0n) is 19.4. The zero-order valence-corrected chi connectivity index (χ0v) is 19.4. The normalized spacial score (nSPS) is 16.4. The molecule has 11 N–H and O–H groups in total. The molecule has 0 aliphatic heterocycles. The molecule has 0 aromatic heterocycles. The Morgan fingerprint density at radius 2 is 1.48 bits per heavy atom. The van der Waals surface area contributed by atoms with Crippen LogP contribution in [0.3, 0.4) is 0 Å². The van der Waals surface area contributed by atoms with E-state index in [2.05, 4.69) is 16.0 Å². The average molecular weight is 475 g/mol. The first-order valence-corrected chi connectivity index (χ1v) is 10.9. The Kier molecular flexibility index (Phi) is 13.9. The molecule has 0 fully saturated rings. The second-order valence-corrected chi connectivity index (χ2v) is 8.06. The molecule has 0 aromatic carbocycles. The second-order valence-electron chi connectivity index (χ2n) is 8.06. The Balaban J connectivity index is 5.56. The van der Waals surface area contributed by atoms with E-state index in [0.29, 0.717) is 25.8 Å². The van der Waals surface area contributed by atoms with Crippen molar-refractivity contribution < 1.29 is 34.2 Å². The van der Waals surface area contributed by atoms with E-state index >= 15 is 0 Å². The monoisotopic (exact) mass is 474 g/mol. The number of nitrogens with one attached hydrogen (secondary N) is 3. The maximum absolute atomic E-state index is 13.0. The van der Waals surface area contributed by atoms with Gasteiger partial charge in [-0.1, -0.05) is 20.3 Å². The lowest BCUT2D eigenvalue weighted by Gasteiger charge is -2.28. The van der Waals surface area contributed by atoms with Gasteiger partial charge in [-0.05, 0) is 38.6 Å². The van der Waals surface area contributed by atoms with Crippen LogP contribution in [-0.2, 0) is 24.0 Å². The third kappa shape index (κ3) is 11.1. The predicted molar refractivity (Wildman–Crippen MR) is 119 cm³/mol. The number of primary amides is 1. The van der Waals surface area contributed by atoms with Crippen LogP contribution in [0, 0.1) is 5.92 Å². The van der Waals surface area contributed by atoms with Crippen molar-refractivity contribution in [3.05, 3.63) is 0 Å². The summed E-state index contributed by atoms with van der Waals surface area (Å²) in [5.74, 6) is -4.79. The van der Waals surface area contributed by atoms with Gasteiger partial charge in [-0.25, -0.2) is 4.79 Å². The highest BCUT2D eigenvalue weighted by Crippen LogP contribution is 2.11. The highest BCUT2D eigenvalue weighted by Gasteiger charge is 2.33. The van der Waals surface area contributed by atoms with Gasteiger partial charge in [0.1, 0.15) is 12.1 Å². The number of nitrogens with two attached hydrogens (primary N) is 3. The number of carbonyl (C=O) groups excluding carboxylic acids is 4. The van der Waals surface area contributed by atoms with Crippen molar-refractivity contribution in [1.29, 1.82) is 0 Å². The van der Waals surface area contributed by atoms with Gasteiger partial charge < -0.3 is 43.4 Å².